The number of hydrogen-bond acceptors (Lipinski definition) is 6. The normalized spacial score (nSPS) is 21.0. The highest BCUT2D eigenvalue weighted by molar-refractivity contribution is 6.05. The van der Waals surface area contributed by atoms with Gasteiger partial charge < -0.3 is 14.7 Å². The van der Waals surface area contributed by atoms with Crippen molar-refractivity contribution in [1.29, 1.82) is 0 Å². The fourth-order valence-electron chi connectivity index (χ4n) is 2.68. The van der Waals surface area contributed by atoms with E-state index in [2.05, 4.69) is 10.2 Å². The number of aromatic nitrogens is 2. The number of morpholine rings is 1. The van der Waals surface area contributed by atoms with Gasteiger partial charge in [0.05, 0.1) is 23.1 Å². The van der Waals surface area contributed by atoms with E-state index in [1.54, 1.807) is 6.92 Å². The lowest BCUT2D eigenvalue weighted by Gasteiger charge is -2.34. The van der Waals surface area contributed by atoms with Crippen LogP contribution in [-0.2, 0) is 9.53 Å². The van der Waals surface area contributed by atoms with Crippen molar-refractivity contribution in [1.82, 2.24) is 15.1 Å². The summed E-state index contributed by atoms with van der Waals surface area (Å²) in [4.78, 5) is 35.5. The second kappa shape index (κ2) is 5.89. The first-order valence-electron chi connectivity index (χ1n) is 7.17. The minimum Gasteiger partial charge on any atom is -0.479 e. The minimum atomic E-state index is -1.15. The summed E-state index contributed by atoms with van der Waals surface area (Å²) in [6.07, 6.45) is -1.56. The maximum absolute atomic E-state index is 12.7. The fourth-order valence-corrected chi connectivity index (χ4v) is 2.68. The summed E-state index contributed by atoms with van der Waals surface area (Å²) in [5, 5.41) is 26.9. The number of hydrogen-bond donors (Lipinski definition) is 2. The lowest BCUT2D eigenvalue weighted by atomic mass is 10.1. The standard InChI is InChI=1S/C14H14N4O6/c1-7-5-17(6-11(24-7)14(20)21)13(19)12-9-4-8(18(22)23)2-3-10(9)15-16-12/h2-4,7,11H,5-6H2,1H3,(H,15,16)(H,20,21)/t7-,11?/m1/s1. The van der Waals surface area contributed by atoms with Crippen LogP contribution in [0.1, 0.15) is 17.4 Å². The number of H-pyrrole nitrogens is 1. The Morgan fingerprint density at radius 3 is 2.88 bits per heavy atom. The van der Waals surface area contributed by atoms with Gasteiger partial charge in [0, 0.05) is 24.1 Å². The van der Waals surface area contributed by atoms with Crippen molar-refractivity contribution in [2.24, 2.45) is 0 Å². The van der Waals surface area contributed by atoms with Crippen molar-refractivity contribution in [3.05, 3.63) is 34.0 Å². The first-order chi connectivity index (χ1) is 11.4. The molecule has 10 heteroatoms. The van der Waals surface area contributed by atoms with E-state index < -0.39 is 29.0 Å². The number of carboxylic acids is 1. The number of amides is 1. The molecule has 2 atom stereocenters. The van der Waals surface area contributed by atoms with E-state index in [4.69, 9.17) is 9.84 Å². The van der Waals surface area contributed by atoms with Gasteiger partial charge in [0.15, 0.2) is 11.8 Å². The maximum atomic E-state index is 12.7. The van der Waals surface area contributed by atoms with Gasteiger partial charge in [0.1, 0.15) is 0 Å². The summed E-state index contributed by atoms with van der Waals surface area (Å²) in [7, 11) is 0. The van der Waals surface area contributed by atoms with E-state index in [-0.39, 0.29) is 24.5 Å². The van der Waals surface area contributed by atoms with Gasteiger partial charge in [-0.25, -0.2) is 4.79 Å². The molecule has 1 amide bonds. The third kappa shape index (κ3) is 2.78. The molecule has 1 fully saturated rings. The molecule has 0 saturated carbocycles. The molecule has 2 N–H and O–H groups in total. The first-order valence-corrected chi connectivity index (χ1v) is 7.17. The van der Waals surface area contributed by atoms with Crippen LogP contribution < -0.4 is 0 Å². The van der Waals surface area contributed by atoms with Gasteiger partial charge in [-0.15, -0.1) is 0 Å². The molecule has 1 aliphatic rings. The van der Waals surface area contributed by atoms with Crippen LogP contribution in [0.25, 0.3) is 10.9 Å². The molecule has 1 aromatic carbocycles. The number of nitro benzene ring substituents is 1. The lowest BCUT2D eigenvalue weighted by Crippen LogP contribution is -2.51. The van der Waals surface area contributed by atoms with Crippen LogP contribution in [-0.4, -0.2) is 62.3 Å². The van der Waals surface area contributed by atoms with Crippen LogP contribution in [0.2, 0.25) is 0 Å². The second-order valence-electron chi connectivity index (χ2n) is 5.54. The molecule has 0 bridgehead atoms. The molecule has 1 saturated heterocycles. The van der Waals surface area contributed by atoms with Crippen molar-refractivity contribution in [2.75, 3.05) is 13.1 Å². The van der Waals surface area contributed by atoms with E-state index in [0.29, 0.717) is 10.9 Å². The number of carbonyl (C=O) groups is 2. The molecule has 24 heavy (non-hydrogen) atoms. The molecule has 1 aliphatic heterocycles. The van der Waals surface area contributed by atoms with Crippen LogP contribution >= 0.6 is 0 Å². The van der Waals surface area contributed by atoms with Crippen LogP contribution in [0.4, 0.5) is 5.69 Å². The summed E-state index contributed by atoms with van der Waals surface area (Å²) >= 11 is 0. The van der Waals surface area contributed by atoms with Crippen LogP contribution in [0, 0.1) is 10.1 Å². The summed E-state index contributed by atoms with van der Waals surface area (Å²) in [6, 6.07) is 4.05. The highest BCUT2D eigenvalue weighted by Gasteiger charge is 2.34. The van der Waals surface area contributed by atoms with Gasteiger partial charge in [0.25, 0.3) is 11.6 Å². The molecule has 2 aromatic rings. The van der Waals surface area contributed by atoms with Gasteiger partial charge in [-0.05, 0) is 13.0 Å². The van der Waals surface area contributed by atoms with E-state index in [1.807, 2.05) is 0 Å². The van der Waals surface area contributed by atoms with Gasteiger partial charge in [0.2, 0.25) is 0 Å². The third-order valence-electron chi connectivity index (χ3n) is 3.78. The largest absolute Gasteiger partial charge is 0.479 e. The molecule has 126 valence electrons. The predicted molar refractivity (Wildman–Crippen MR) is 80.6 cm³/mol. The molecule has 0 radical (unpaired) electrons. The summed E-state index contributed by atoms with van der Waals surface area (Å²) in [6.45, 7) is 1.77. The fraction of sp³-hybridized carbons (Fsp3) is 0.357. The maximum Gasteiger partial charge on any atom is 0.334 e. The molecule has 3 rings (SSSR count). The van der Waals surface area contributed by atoms with Crippen LogP contribution in [0.3, 0.4) is 0 Å². The van der Waals surface area contributed by atoms with Crippen molar-refractivity contribution >= 4 is 28.5 Å². The Labute approximate surface area is 135 Å². The highest BCUT2D eigenvalue weighted by atomic mass is 16.6. The quantitative estimate of drug-likeness (QED) is 0.624. The summed E-state index contributed by atoms with van der Waals surface area (Å²) in [5.74, 6) is -1.65. The Kier molecular flexibility index (Phi) is 3.89. The number of aromatic amines is 1. The number of aliphatic carboxylic acids is 1. The Morgan fingerprint density at radius 2 is 2.21 bits per heavy atom. The second-order valence-corrected chi connectivity index (χ2v) is 5.54. The zero-order valence-corrected chi connectivity index (χ0v) is 12.6. The summed E-state index contributed by atoms with van der Waals surface area (Å²) in [5.41, 5.74) is 0.351. The number of benzene rings is 1. The van der Waals surface area contributed by atoms with Crippen molar-refractivity contribution in [3.63, 3.8) is 0 Å². The lowest BCUT2D eigenvalue weighted by molar-refractivity contribution is -0.384. The average molecular weight is 334 g/mol. The number of rotatable bonds is 3. The van der Waals surface area contributed by atoms with Gasteiger partial charge >= 0.3 is 5.97 Å². The van der Waals surface area contributed by atoms with Gasteiger partial charge in [-0.1, -0.05) is 0 Å². The smallest absolute Gasteiger partial charge is 0.334 e. The number of carbonyl (C=O) groups excluding carboxylic acids is 1. The van der Waals surface area contributed by atoms with Crippen LogP contribution in [0.5, 0.6) is 0 Å². The van der Waals surface area contributed by atoms with Crippen molar-refractivity contribution in [2.45, 2.75) is 19.1 Å². The topological polar surface area (TPSA) is 139 Å². The molecule has 1 unspecified atom stereocenters. The Bertz CT molecular complexity index is 832. The molecule has 0 spiro atoms. The van der Waals surface area contributed by atoms with E-state index >= 15 is 0 Å². The summed E-state index contributed by atoms with van der Waals surface area (Å²) < 4.78 is 5.27. The zero-order chi connectivity index (χ0) is 17.4. The van der Waals surface area contributed by atoms with Crippen molar-refractivity contribution in [3.8, 4) is 0 Å². The number of nitrogens with zero attached hydrogens (tertiary/aromatic N) is 3. The monoisotopic (exact) mass is 334 g/mol. The Morgan fingerprint density at radius 1 is 1.46 bits per heavy atom. The number of fused-ring (bicyclic) bond motifs is 1. The highest BCUT2D eigenvalue weighted by Crippen LogP contribution is 2.24. The SMILES string of the molecule is C[C@@H]1CN(C(=O)c2n[nH]c3ccc([N+](=O)[O-])cc23)CC(C(=O)O)O1. The van der Waals surface area contributed by atoms with E-state index in [0.717, 1.165) is 0 Å². The first kappa shape index (κ1) is 15.9. The average Bonchev–Trinajstić information content (AvgIpc) is 2.96. The molecule has 10 nitrogen and oxygen atoms in total. The van der Waals surface area contributed by atoms with Crippen molar-refractivity contribution < 1.29 is 24.4 Å². The minimum absolute atomic E-state index is 0.0203. The molecule has 0 aliphatic carbocycles. The van der Waals surface area contributed by atoms with Gasteiger partial charge in [-0.3, -0.25) is 20.0 Å². The van der Waals surface area contributed by atoms with E-state index in [1.165, 1.54) is 23.1 Å². The van der Waals surface area contributed by atoms with Gasteiger partial charge in [-0.2, -0.15) is 5.10 Å². The van der Waals surface area contributed by atoms with E-state index in [9.17, 15) is 19.7 Å². The number of carboxylic acid groups (broad SMARTS) is 1. The number of nitro groups is 1. The third-order valence-corrected chi connectivity index (χ3v) is 3.78. The Hall–Kier alpha value is -3.01. The number of nitrogens with one attached hydrogen (secondary N) is 1. The Balaban J connectivity index is 1.94. The number of ether oxygens (including phenoxy) is 1. The zero-order valence-electron chi connectivity index (χ0n) is 12.6. The number of non-ortho nitro benzene ring substituents is 1. The van der Waals surface area contributed by atoms with Crippen LogP contribution in [0.15, 0.2) is 18.2 Å². The molecule has 1 aromatic heterocycles. The molecule has 2 heterocycles. The molecular formula is C14H14N4O6. The predicted octanol–water partition coefficient (Wildman–Crippen LogP) is 0.785. The molecular weight excluding hydrogens is 320 g/mol.